The molecule has 0 saturated carbocycles. The van der Waals surface area contributed by atoms with Gasteiger partial charge in [-0.05, 0) is 74.4 Å². The van der Waals surface area contributed by atoms with Crippen LogP contribution in [0.3, 0.4) is 0 Å². The molecule has 0 aliphatic carbocycles. The molecule has 2 aromatic rings. The van der Waals surface area contributed by atoms with Crippen molar-refractivity contribution in [2.45, 2.75) is 51.1 Å². The number of likely N-dealkylation sites (tertiary alicyclic amines) is 1. The molecular formula is C28H34N4O4. The molecule has 8 heteroatoms. The van der Waals surface area contributed by atoms with Crippen LogP contribution in [0.15, 0.2) is 42.5 Å². The van der Waals surface area contributed by atoms with Gasteiger partial charge in [0.25, 0.3) is 5.91 Å². The predicted octanol–water partition coefficient (Wildman–Crippen LogP) is 3.34. The van der Waals surface area contributed by atoms with E-state index in [2.05, 4.69) is 10.2 Å². The van der Waals surface area contributed by atoms with Crippen LogP contribution in [0, 0.1) is 0 Å². The van der Waals surface area contributed by atoms with Crippen LogP contribution in [0.1, 0.15) is 54.4 Å². The van der Waals surface area contributed by atoms with Crippen molar-refractivity contribution in [3.8, 4) is 5.75 Å². The van der Waals surface area contributed by atoms with Crippen LogP contribution in [-0.4, -0.2) is 62.0 Å². The van der Waals surface area contributed by atoms with Crippen LogP contribution >= 0.6 is 0 Å². The van der Waals surface area contributed by atoms with Gasteiger partial charge in [0.15, 0.2) is 0 Å². The van der Waals surface area contributed by atoms with E-state index in [0.717, 1.165) is 75.2 Å². The van der Waals surface area contributed by atoms with E-state index in [9.17, 15) is 14.4 Å². The first-order valence-electron chi connectivity index (χ1n) is 13.0. The molecule has 2 fully saturated rings. The first kappa shape index (κ1) is 24.2. The molecular weight excluding hydrogens is 456 g/mol. The number of rotatable bonds is 6. The Hall–Kier alpha value is -3.55. The van der Waals surface area contributed by atoms with E-state index >= 15 is 0 Å². The van der Waals surface area contributed by atoms with Crippen LogP contribution < -0.4 is 19.9 Å². The largest absolute Gasteiger partial charge is 0.497 e. The van der Waals surface area contributed by atoms with E-state index in [-0.39, 0.29) is 30.3 Å². The minimum atomic E-state index is -0.260. The maximum Gasteiger partial charge on any atom is 0.253 e. The first-order valence-corrected chi connectivity index (χ1v) is 13.0. The van der Waals surface area contributed by atoms with Crippen molar-refractivity contribution in [3.63, 3.8) is 0 Å². The molecule has 190 valence electrons. The molecule has 1 N–H and O–H groups in total. The molecule has 0 radical (unpaired) electrons. The van der Waals surface area contributed by atoms with E-state index in [1.54, 1.807) is 12.0 Å². The van der Waals surface area contributed by atoms with Gasteiger partial charge in [0.2, 0.25) is 11.8 Å². The lowest BCUT2D eigenvalue weighted by Gasteiger charge is -2.45. The third kappa shape index (κ3) is 4.90. The number of carbonyl (C=O) groups excluding carboxylic acids is 3. The van der Waals surface area contributed by atoms with Crippen molar-refractivity contribution in [2.24, 2.45) is 0 Å². The SMILES string of the molecule is COc1ccc(CNC(=O)CN2C(=O)[C@H]3CCCCN3c3ccc(C(=O)N4CCCCC4)cc32)cc1. The molecule has 3 aliphatic rings. The highest BCUT2D eigenvalue weighted by molar-refractivity contribution is 6.09. The zero-order valence-corrected chi connectivity index (χ0v) is 20.9. The highest BCUT2D eigenvalue weighted by Crippen LogP contribution is 2.40. The fourth-order valence-electron chi connectivity index (χ4n) is 5.48. The monoisotopic (exact) mass is 490 g/mol. The Morgan fingerprint density at radius 1 is 0.944 bits per heavy atom. The van der Waals surface area contributed by atoms with Gasteiger partial charge >= 0.3 is 0 Å². The highest BCUT2D eigenvalue weighted by atomic mass is 16.5. The molecule has 0 spiro atoms. The summed E-state index contributed by atoms with van der Waals surface area (Å²) in [6.07, 6.45) is 5.98. The molecule has 2 saturated heterocycles. The third-order valence-electron chi connectivity index (χ3n) is 7.47. The second-order valence-corrected chi connectivity index (χ2v) is 9.81. The maximum atomic E-state index is 13.6. The van der Waals surface area contributed by atoms with E-state index < -0.39 is 0 Å². The summed E-state index contributed by atoms with van der Waals surface area (Å²) >= 11 is 0. The Kier molecular flexibility index (Phi) is 7.11. The summed E-state index contributed by atoms with van der Waals surface area (Å²) in [6, 6.07) is 12.9. The van der Waals surface area contributed by atoms with Gasteiger partial charge in [0.05, 0.1) is 18.5 Å². The van der Waals surface area contributed by atoms with Crippen LogP contribution in [0.2, 0.25) is 0 Å². The number of ether oxygens (including phenoxy) is 1. The summed E-state index contributed by atoms with van der Waals surface area (Å²) in [5.74, 6) is 0.452. The van der Waals surface area contributed by atoms with E-state index in [4.69, 9.17) is 4.74 Å². The standard InChI is InChI=1S/C28H34N4O4/c1-36-22-11-8-20(9-12-22)18-29-26(33)19-32-25-17-21(27(34)30-14-4-2-5-15-30)10-13-23(25)31-16-6-3-7-24(31)28(32)35/h8-13,17,24H,2-7,14-16,18-19H2,1H3,(H,29,33)/t24-/m1/s1. The Morgan fingerprint density at radius 2 is 1.69 bits per heavy atom. The summed E-state index contributed by atoms with van der Waals surface area (Å²) in [5.41, 5.74) is 3.10. The average Bonchev–Trinajstić information content (AvgIpc) is 2.94. The van der Waals surface area contributed by atoms with Gasteiger partial charge < -0.3 is 19.9 Å². The van der Waals surface area contributed by atoms with Gasteiger partial charge in [-0.15, -0.1) is 0 Å². The number of methoxy groups -OCH3 is 1. The van der Waals surface area contributed by atoms with Gasteiger partial charge in [-0.1, -0.05) is 12.1 Å². The lowest BCUT2D eigenvalue weighted by Crippen LogP contribution is -2.57. The number of piperidine rings is 2. The van der Waals surface area contributed by atoms with Crippen molar-refractivity contribution < 1.29 is 19.1 Å². The van der Waals surface area contributed by atoms with Gasteiger partial charge in [-0.2, -0.15) is 0 Å². The molecule has 1 atom stereocenters. The number of fused-ring (bicyclic) bond motifs is 3. The molecule has 8 nitrogen and oxygen atoms in total. The van der Waals surface area contributed by atoms with Crippen LogP contribution in [-0.2, 0) is 16.1 Å². The van der Waals surface area contributed by atoms with Crippen LogP contribution in [0.4, 0.5) is 11.4 Å². The van der Waals surface area contributed by atoms with Crippen molar-refractivity contribution >= 4 is 29.1 Å². The third-order valence-corrected chi connectivity index (χ3v) is 7.47. The lowest BCUT2D eigenvalue weighted by atomic mass is 9.95. The Balaban J connectivity index is 1.37. The van der Waals surface area contributed by atoms with Crippen LogP contribution in [0.25, 0.3) is 0 Å². The van der Waals surface area contributed by atoms with Crippen LogP contribution in [0.5, 0.6) is 5.75 Å². The first-order chi connectivity index (χ1) is 17.5. The van der Waals surface area contributed by atoms with Crippen molar-refractivity contribution in [1.82, 2.24) is 10.2 Å². The smallest absolute Gasteiger partial charge is 0.253 e. The minimum Gasteiger partial charge on any atom is -0.497 e. The minimum absolute atomic E-state index is 0.00498. The average molecular weight is 491 g/mol. The lowest BCUT2D eigenvalue weighted by molar-refractivity contribution is -0.125. The quantitative estimate of drug-likeness (QED) is 0.672. The Labute approximate surface area is 212 Å². The molecule has 0 bridgehead atoms. The Morgan fingerprint density at radius 3 is 2.44 bits per heavy atom. The summed E-state index contributed by atoms with van der Waals surface area (Å²) in [6.45, 7) is 2.62. The number of anilines is 2. The summed E-state index contributed by atoms with van der Waals surface area (Å²) < 4.78 is 5.19. The van der Waals surface area contributed by atoms with Gasteiger partial charge in [-0.25, -0.2) is 0 Å². The molecule has 2 aromatic carbocycles. The van der Waals surface area contributed by atoms with E-state index in [1.165, 1.54) is 0 Å². The van der Waals surface area contributed by atoms with Gasteiger partial charge in [-0.3, -0.25) is 19.3 Å². The number of benzene rings is 2. The molecule has 3 amide bonds. The van der Waals surface area contributed by atoms with E-state index in [1.807, 2.05) is 47.4 Å². The molecule has 3 aliphatic heterocycles. The number of hydrogen-bond donors (Lipinski definition) is 1. The fraction of sp³-hybridized carbons (Fsp3) is 0.464. The summed E-state index contributed by atoms with van der Waals surface area (Å²) in [4.78, 5) is 45.4. The predicted molar refractivity (Wildman–Crippen MR) is 138 cm³/mol. The number of nitrogens with zero attached hydrogens (tertiary/aromatic N) is 3. The van der Waals surface area contributed by atoms with Crippen molar-refractivity contribution in [2.75, 3.05) is 43.1 Å². The maximum absolute atomic E-state index is 13.6. The summed E-state index contributed by atoms with van der Waals surface area (Å²) in [7, 11) is 1.61. The van der Waals surface area contributed by atoms with Crippen molar-refractivity contribution in [1.29, 1.82) is 0 Å². The molecule has 36 heavy (non-hydrogen) atoms. The summed E-state index contributed by atoms with van der Waals surface area (Å²) in [5, 5.41) is 2.93. The Bertz CT molecular complexity index is 1130. The normalized spacial score (nSPS) is 19.4. The van der Waals surface area contributed by atoms with Gasteiger partial charge in [0, 0.05) is 31.7 Å². The second-order valence-electron chi connectivity index (χ2n) is 9.81. The highest BCUT2D eigenvalue weighted by Gasteiger charge is 2.40. The topological polar surface area (TPSA) is 82.2 Å². The number of carbonyl (C=O) groups is 3. The molecule has 5 rings (SSSR count). The molecule has 0 aromatic heterocycles. The van der Waals surface area contributed by atoms with Crippen molar-refractivity contribution in [3.05, 3.63) is 53.6 Å². The number of hydrogen-bond acceptors (Lipinski definition) is 5. The molecule has 0 unspecified atom stereocenters. The zero-order chi connectivity index (χ0) is 25.1. The number of nitrogens with one attached hydrogen (secondary N) is 1. The van der Waals surface area contributed by atoms with E-state index in [0.29, 0.717) is 17.8 Å². The number of amides is 3. The molecule has 3 heterocycles. The zero-order valence-electron chi connectivity index (χ0n) is 20.9. The fourth-order valence-corrected chi connectivity index (χ4v) is 5.48. The van der Waals surface area contributed by atoms with Gasteiger partial charge in [0.1, 0.15) is 18.3 Å². The second kappa shape index (κ2) is 10.6.